The molecule has 0 aliphatic rings. The molecule has 148 valence electrons. The van der Waals surface area contributed by atoms with Crippen LogP contribution in [0.3, 0.4) is 0 Å². The van der Waals surface area contributed by atoms with Crippen LogP contribution in [-0.4, -0.2) is 21.7 Å². The first-order chi connectivity index (χ1) is 13.8. The number of amides is 3. The van der Waals surface area contributed by atoms with E-state index in [9.17, 15) is 14.4 Å². The Morgan fingerprint density at radius 2 is 1.69 bits per heavy atom. The fourth-order valence-corrected chi connectivity index (χ4v) is 2.94. The predicted molar refractivity (Wildman–Crippen MR) is 112 cm³/mol. The Kier molecular flexibility index (Phi) is 6.53. The molecule has 3 aromatic rings. The first-order valence-corrected chi connectivity index (χ1v) is 9.35. The summed E-state index contributed by atoms with van der Waals surface area (Å²) in [6.07, 6.45) is 1.22. The van der Waals surface area contributed by atoms with Gasteiger partial charge in [0.2, 0.25) is 0 Å². The van der Waals surface area contributed by atoms with Crippen LogP contribution >= 0.6 is 34.8 Å². The summed E-state index contributed by atoms with van der Waals surface area (Å²) in [6.45, 7) is 0.174. The zero-order valence-electron chi connectivity index (χ0n) is 14.7. The number of carbonyl (C=O) groups is 2. The smallest absolute Gasteiger partial charge is 0.305 e. The molecule has 0 aliphatic heterocycles. The topological polar surface area (TPSA) is 93.1 Å². The van der Waals surface area contributed by atoms with Crippen LogP contribution in [0.15, 0.2) is 59.5 Å². The minimum Gasteiger partial charge on any atom is -0.305 e. The third kappa shape index (κ3) is 5.14. The molecule has 0 radical (unpaired) electrons. The lowest BCUT2D eigenvalue weighted by molar-refractivity contribution is 0.0967. The van der Waals surface area contributed by atoms with Crippen molar-refractivity contribution in [2.75, 3.05) is 5.32 Å². The van der Waals surface area contributed by atoms with E-state index >= 15 is 0 Å². The average Bonchev–Trinajstić information content (AvgIpc) is 2.69. The van der Waals surface area contributed by atoms with Crippen molar-refractivity contribution in [1.29, 1.82) is 0 Å². The fraction of sp³-hybridized carbons (Fsp3) is 0.0526. The van der Waals surface area contributed by atoms with Gasteiger partial charge in [0.15, 0.2) is 0 Å². The molecule has 0 unspecified atom stereocenters. The molecule has 2 N–H and O–H groups in total. The highest BCUT2D eigenvalue weighted by Crippen LogP contribution is 2.17. The monoisotopic (exact) mass is 450 g/mol. The van der Waals surface area contributed by atoms with Gasteiger partial charge < -0.3 is 5.32 Å². The number of halogens is 3. The summed E-state index contributed by atoms with van der Waals surface area (Å²) < 4.78 is 1.14. The molecule has 0 atom stereocenters. The third-order valence-corrected chi connectivity index (χ3v) is 4.77. The molecule has 1 aromatic heterocycles. The highest BCUT2D eigenvalue weighted by Gasteiger charge is 2.16. The van der Waals surface area contributed by atoms with Crippen LogP contribution in [0.2, 0.25) is 15.1 Å². The van der Waals surface area contributed by atoms with E-state index in [0.717, 1.165) is 10.2 Å². The van der Waals surface area contributed by atoms with Gasteiger partial charge in [0.1, 0.15) is 5.02 Å². The second kappa shape index (κ2) is 9.09. The van der Waals surface area contributed by atoms with Crippen LogP contribution in [-0.2, 0) is 6.54 Å². The third-order valence-electron chi connectivity index (χ3n) is 3.82. The van der Waals surface area contributed by atoms with Crippen LogP contribution < -0.4 is 16.2 Å². The number of urea groups is 1. The van der Waals surface area contributed by atoms with Crippen molar-refractivity contribution in [3.05, 3.63) is 91.3 Å². The molecule has 2 aromatic carbocycles. The number of benzene rings is 2. The Labute approximate surface area is 180 Å². The Balaban J connectivity index is 1.71. The molecule has 0 fully saturated rings. The standard InChI is InChI=1S/C19H13Cl3N4O3/c20-12-7-5-11(6-8-12)10-26-18(28)16(22)15(9-23-26)24-19(29)25-17(27)13-3-1-2-4-14(13)21/h1-9H,10H2,(H2,24,25,27,29). The highest BCUT2D eigenvalue weighted by atomic mass is 35.5. The maximum absolute atomic E-state index is 12.4. The van der Waals surface area contributed by atoms with E-state index < -0.39 is 17.5 Å². The van der Waals surface area contributed by atoms with Gasteiger partial charge >= 0.3 is 6.03 Å². The quantitative estimate of drug-likeness (QED) is 0.621. The van der Waals surface area contributed by atoms with Gasteiger partial charge in [-0.3, -0.25) is 14.9 Å². The van der Waals surface area contributed by atoms with E-state index in [-0.39, 0.29) is 27.8 Å². The maximum atomic E-state index is 12.4. The van der Waals surface area contributed by atoms with E-state index in [1.807, 2.05) is 0 Å². The van der Waals surface area contributed by atoms with E-state index in [0.29, 0.717) is 5.02 Å². The molecule has 0 bridgehead atoms. The number of anilines is 1. The number of imide groups is 1. The van der Waals surface area contributed by atoms with Gasteiger partial charge in [-0.05, 0) is 29.8 Å². The van der Waals surface area contributed by atoms with E-state index in [1.54, 1.807) is 36.4 Å². The van der Waals surface area contributed by atoms with Crippen molar-refractivity contribution in [1.82, 2.24) is 15.1 Å². The van der Waals surface area contributed by atoms with E-state index in [2.05, 4.69) is 15.7 Å². The Morgan fingerprint density at radius 3 is 2.38 bits per heavy atom. The number of rotatable bonds is 4. The molecule has 0 spiro atoms. The van der Waals surface area contributed by atoms with Gasteiger partial charge in [-0.1, -0.05) is 59.1 Å². The van der Waals surface area contributed by atoms with Crippen molar-refractivity contribution < 1.29 is 9.59 Å². The lowest BCUT2D eigenvalue weighted by Gasteiger charge is -2.10. The van der Waals surface area contributed by atoms with Gasteiger partial charge in [0, 0.05) is 5.02 Å². The Bertz CT molecular complexity index is 1130. The summed E-state index contributed by atoms with van der Waals surface area (Å²) in [4.78, 5) is 36.6. The van der Waals surface area contributed by atoms with Gasteiger partial charge in [-0.25, -0.2) is 9.48 Å². The summed E-state index contributed by atoms with van der Waals surface area (Å²) in [5.74, 6) is -0.701. The molecule has 3 amide bonds. The number of aromatic nitrogens is 2. The molecule has 0 aliphatic carbocycles. The molecule has 0 saturated carbocycles. The van der Waals surface area contributed by atoms with Crippen LogP contribution in [0, 0.1) is 0 Å². The molecule has 1 heterocycles. The van der Waals surface area contributed by atoms with Crippen molar-refractivity contribution in [3.8, 4) is 0 Å². The second-order valence-corrected chi connectivity index (χ2v) is 7.07. The zero-order chi connectivity index (χ0) is 21.0. The molecular weight excluding hydrogens is 439 g/mol. The molecule has 29 heavy (non-hydrogen) atoms. The predicted octanol–water partition coefficient (Wildman–Crippen LogP) is 4.21. The number of nitrogens with zero attached hydrogens (tertiary/aromatic N) is 2. The van der Waals surface area contributed by atoms with Crippen LogP contribution in [0.5, 0.6) is 0 Å². The summed E-state index contributed by atoms with van der Waals surface area (Å²) in [6, 6.07) is 12.3. The van der Waals surface area contributed by atoms with E-state index in [1.165, 1.54) is 18.3 Å². The van der Waals surface area contributed by atoms with Gasteiger partial charge in [-0.2, -0.15) is 5.10 Å². The van der Waals surface area contributed by atoms with Crippen molar-refractivity contribution in [3.63, 3.8) is 0 Å². The summed E-state index contributed by atoms with van der Waals surface area (Å²) in [5.41, 5.74) is 0.293. The van der Waals surface area contributed by atoms with Gasteiger partial charge in [0.25, 0.3) is 11.5 Å². The second-order valence-electron chi connectivity index (χ2n) is 5.85. The number of nitrogens with one attached hydrogen (secondary N) is 2. The molecule has 3 rings (SSSR count). The minimum atomic E-state index is -0.881. The van der Waals surface area contributed by atoms with Crippen LogP contribution in [0.4, 0.5) is 10.5 Å². The largest absolute Gasteiger partial charge is 0.326 e. The normalized spacial score (nSPS) is 10.4. The van der Waals surface area contributed by atoms with Gasteiger partial charge in [0.05, 0.1) is 29.0 Å². The Morgan fingerprint density at radius 1 is 1.00 bits per heavy atom. The van der Waals surface area contributed by atoms with Gasteiger partial charge in [-0.15, -0.1) is 0 Å². The Hall–Kier alpha value is -2.87. The molecule has 10 heteroatoms. The zero-order valence-corrected chi connectivity index (χ0v) is 16.9. The number of carbonyl (C=O) groups excluding carboxylic acids is 2. The fourth-order valence-electron chi connectivity index (χ4n) is 2.40. The van der Waals surface area contributed by atoms with Crippen molar-refractivity contribution in [2.45, 2.75) is 6.54 Å². The maximum Gasteiger partial charge on any atom is 0.326 e. The SMILES string of the molecule is O=C(NC(=O)c1ccccc1Cl)Nc1cnn(Cc2ccc(Cl)cc2)c(=O)c1Cl. The highest BCUT2D eigenvalue weighted by molar-refractivity contribution is 6.34. The summed E-state index contributed by atoms with van der Waals surface area (Å²) >= 11 is 17.8. The lowest BCUT2D eigenvalue weighted by Crippen LogP contribution is -2.35. The number of hydrogen-bond donors (Lipinski definition) is 2. The lowest BCUT2D eigenvalue weighted by atomic mass is 10.2. The van der Waals surface area contributed by atoms with Crippen molar-refractivity contribution >= 4 is 52.4 Å². The minimum absolute atomic E-state index is 0.0338. The van der Waals surface area contributed by atoms with Crippen molar-refractivity contribution in [2.24, 2.45) is 0 Å². The first kappa shape index (κ1) is 20.9. The summed E-state index contributed by atoms with van der Waals surface area (Å²) in [5, 5.41) is 8.97. The molecular formula is C19H13Cl3N4O3. The molecule has 7 nitrogen and oxygen atoms in total. The first-order valence-electron chi connectivity index (χ1n) is 8.22. The van der Waals surface area contributed by atoms with Crippen LogP contribution in [0.25, 0.3) is 0 Å². The number of hydrogen-bond acceptors (Lipinski definition) is 4. The molecule has 0 saturated heterocycles. The van der Waals surface area contributed by atoms with E-state index in [4.69, 9.17) is 34.8 Å². The van der Waals surface area contributed by atoms with Crippen LogP contribution in [0.1, 0.15) is 15.9 Å². The summed E-state index contributed by atoms with van der Waals surface area (Å²) in [7, 11) is 0. The average molecular weight is 452 g/mol.